The zero-order valence-corrected chi connectivity index (χ0v) is 11.9. The van der Waals surface area contributed by atoms with E-state index in [1.807, 2.05) is 24.3 Å². The predicted molar refractivity (Wildman–Crippen MR) is 77.5 cm³/mol. The van der Waals surface area contributed by atoms with Gasteiger partial charge in [-0.25, -0.2) is 0 Å². The summed E-state index contributed by atoms with van der Waals surface area (Å²) in [6.07, 6.45) is 0.952. The first-order chi connectivity index (χ1) is 9.78. The molecule has 4 heteroatoms. The van der Waals surface area contributed by atoms with E-state index in [1.165, 1.54) is 0 Å². The molecule has 0 spiro atoms. The van der Waals surface area contributed by atoms with Gasteiger partial charge in [0.1, 0.15) is 23.9 Å². The van der Waals surface area contributed by atoms with Gasteiger partial charge in [-0.2, -0.15) is 0 Å². The van der Waals surface area contributed by atoms with Crippen molar-refractivity contribution >= 4 is 0 Å². The number of nitrogens with one attached hydrogen (secondary N) is 1. The van der Waals surface area contributed by atoms with Crippen LogP contribution >= 0.6 is 0 Å². The molecule has 20 heavy (non-hydrogen) atoms. The highest BCUT2D eigenvalue weighted by Crippen LogP contribution is 2.27. The normalized spacial score (nSPS) is 12.3. The minimum atomic E-state index is -0.0658. The summed E-state index contributed by atoms with van der Waals surface area (Å²) in [4.78, 5) is 0. The third kappa shape index (κ3) is 3.40. The second-order valence-electron chi connectivity index (χ2n) is 4.61. The Morgan fingerprint density at radius 3 is 2.60 bits per heavy atom. The average molecular weight is 275 g/mol. The Morgan fingerprint density at radius 1 is 1.20 bits per heavy atom. The lowest BCUT2D eigenvalue weighted by Crippen LogP contribution is -2.20. The van der Waals surface area contributed by atoms with Crippen molar-refractivity contribution in [3.8, 4) is 5.75 Å². The van der Waals surface area contributed by atoms with Crippen molar-refractivity contribution in [3.63, 3.8) is 0 Å². The number of benzene rings is 1. The largest absolute Gasteiger partial charge is 0.496 e. The van der Waals surface area contributed by atoms with Crippen LogP contribution in [-0.2, 0) is 13.2 Å². The third-order valence-electron chi connectivity index (χ3n) is 3.32. The maximum Gasteiger partial charge on any atom is 0.129 e. The van der Waals surface area contributed by atoms with Crippen LogP contribution in [0.25, 0.3) is 0 Å². The van der Waals surface area contributed by atoms with Crippen LogP contribution in [0.3, 0.4) is 0 Å². The Kier molecular flexibility index (Phi) is 5.21. The molecule has 0 aliphatic rings. The summed E-state index contributed by atoms with van der Waals surface area (Å²) in [5.74, 6) is 2.30. The van der Waals surface area contributed by atoms with Crippen LogP contribution in [0, 0.1) is 0 Å². The van der Waals surface area contributed by atoms with E-state index < -0.39 is 0 Å². The van der Waals surface area contributed by atoms with Gasteiger partial charge < -0.3 is 19.6 Å². The number of methoxy groups -OCH3 is 1. The van der Waals surface area contributed by atoms with Gasteiger partial charge in [0.05, 0.1) is 13.7 Å². The number of rotatable bonds is 7. The smallest absolute Gasteiger partial charge is 0.129 e. The fraction of sp³-hybridized carbons (Fsp3) is 0.375. The highest BCUT2D eigenvalue weighted by atomic mass is 16.5. The number of ether oxygens (including phenoxy) is 1. The molecule has 4 nitrogen and oxygen atoms in total. The highest BCUT2D eigenvalue weighted by molar-refractivity contribution is 5.35. The second kappa shape index (κ2) is 7.12. The number of aliphatic hydroxyl groups is 1. The van der Waals surface area contributed by atoms with Crippen molar-refractivity contribution in [2.24, 2.45) is 0 Å². The maximum atomic E-state index is 8.99. The molecule has 1 heterocycles. The molecular formula is C16H21NO3. The Balaban J connectivity index is 2.05. The van der Waals surface area contributed by atoms with Crippen molar-refractivity contribution in [3.05, 3.63) is 53.5 Å². The lowest BCUT2D eigenvalue weighted by atomic mass is 10.0. The molecule has 1 atom stereocenters. The molecule has 0 saturated heterocycles. The molecule has 108 valence electrons. The molecule has 0 bridgehead atoms. The van der Waals surface area contributed by atoms with E-state index >= 15 is 0 Å². The molecule has 0 saturated carbocycles. The van der Waals surface area contributed by atoms with Crippen LogP contribution in [0.5, 0.6) is 5.75 Å². The van der Waals surface area contributed by atoms with E-state index in [4.69, 9.17) is 14.3 Å². The predicted octanol–water partition coefficient (Wildman–Crippen LogP) is 3.02. The number of hydrogen-bond acceptors (Lipinski definition) is 4. The lowest BCUT2D eigenvalue weighted by molar-refractivity contribution is 0.242. The van der Waals surface area contributed by atoms with Crippen LogP contribution in [0.1, 0.15) is 36.5 Å². The molecule has 0 amide bonds. The van der Waals surface area contributed by atoms with Gasteiger partial charge in [0, 0.05) is 11.6 Å². The van der Waals surface area contributed by atoms with E-state index in [2.05, 4.69) is 18.3 Å². The van der Waals surface area contributed by atoms with Gasteiger partial charge in [-0.1, -0.05) is 25.1 Å². The molecule has 2 rings (SSSR count). The van der Waals surface area contributed by atoms with E-state index in [1.54, 1.807) is 13.2 Å². The van der Waals surface area contributed by atoms with Crippen LogP contribution in [0.4, 0.5) is 0 Å². The Morgan fingerprint density at radius 2 is 1.95 bits per heavy atom. The van der Waals surface area contributed by atoms with Gasteiger partial charge in [-0.3, -0.25) is 0 Å². The van der Waals surface area contributed by atoms with E-state index in [-0.39, 0.29) is 12.6 Å². The summed E-state index contributed by atoms with van der Waals surface area (Å²) in [7, 11) is 1.69. The standard InChI is InChI=1S/C16H21NO3/c1-3-15(14-6-4-5-7-16(14)19-2)17-10-12-8-9-13(11-18)20-12/h4-9,15,17-18H,3,10-11H2,1-2H3. The molecule has 2 N–H and O–H groups in total. The maximum absolute atomic E-state index is 8.99. The highest BCUT2D eigenvalue weighted by Gasteiger charge is 2.14. The Bertz CT molecular complexity index is 536. The molecule has 0 aliphatic carbocycles. The Hall–Kier alpha value is -1.78. The van der Waals surface area contributed by atoms with Crippen molar-refractivity contribution in [2.75, 3.05) is 7.11 Å². The van der Waals surface area contributed by atoms with Gasteiger partial charge in [0.25, 0.3) is 0 Å². The first kappa shape index (κ1) is 14.6. The number of para-hydroxylation sites is 1. The third-order valence-corrected chi connectivity index (χ3v) is 3.32. The fourth-order valence-corrected chi connectivity index (χ4v) is 2.25. The zero-order chi connectivity index (χ0) is 14.4. The molecule has 2 aromatic rings. The molecule has 1 unspecified atom stereocenters. The first-order valence-corrected chi connectivity index (χ1v) is 6.83. The zero-order valence-electron chi connectivity index (χ0n) is 11.9. The molecular weight excluding hydrogens is 254 g/mol. The topological polar surface area (TPSA) is 54.6 Å². The van der Waals surface area contributed by atoms with Crippen molar-refractivity contribution in [1.82, 2.24) is 5.32 Å². The van der Waals surface area contributed by atoms with Crippen molar-refractivity contribution in [1.29, 1.82) is 0 Å². The summed E-state index contributed by atoms with van der Waals surface area (Å²) in [6, 6.07) is 11.9. The molecule has 1 aromatic heterocycles. The van der Waals surface area contributed by atoms with Crippen molar-refractivity contribution in [2.45, 2.75) is 32.5 Å². The van der Waals surface area contributed by atoms with Crippen molar-refractivity contribution < 1.29 is 14.3 Å². The van der Waals surface area contributed by atoms with E-state index in [0.29, 0.717) is 12.3 Å². The lowest BCUT2D eigenvalue weighted by Gasteiger charge is -2.19. The van der Waals surface area contributed by atoms with Crippen LogP contribution < -0.4 is 10.1 Å². The summed E-state index contributed by atoms with van der Waals surface area (Å²) in [5.41, 5.74) is 1.14. The van der Waals surface area contributed by atoms with Gasteiger partial charge in [0.2, 0.25) is 0 Å². The van der Waals surface area contributed by atoms with E-state index in [0.717, 1.165) is 23.5 Å². The fourth-order valence-electron chi connectivity index (χ4n) is 2.25. The molecule has 0 radical (unpaired) electrons. The minimum absolute atomic E-state index is 0.0658. The summed E-state index contributed by atoms with van der Waals surface area (Å²) < 4.78 is 10.9. The molecule has 0 fully saturated rings. The first-order valence-electron chi connectivity index (χ1n) is 6.83. The van der Waals surface area contributed by atoms with Gasteiger partial charge in [-0.05, 0) is 24.6 Å². The number of furan rings is 1. The molecule has 1 aromatic carbocycles. The van der Waals surface area contributed by atoms with E-state index in [9.17, 15) is 0 Å². The minimum Gasteiger partial charge on any atom is -0.496 e. The quantitative estimate of drug-likeness (QED) is 0.815. The van der Waals surface area contributed by atoms with Crippen LogP contribution in [0.15, 0.2) is 40.8 Å². The monoisotopic (exact) mass is 275 g/mol. The van der Waals surface area contributed by atoms with Crippen LogP contribution in [0.2, 0.25) is 0 Å². The number of aliphatic hydroxyl groups excluding tert-OH is 1. The van der Waals surface area contributed by atoms with Gasteiger partial charge >= 0.3 is 0 Å². The molecule has 0 aliphatic heterocycles. The van der Waals surface area contributed by atoms with Crippen LogP contribution in [-0.4, -0.2) is 12.2 Å². The number of hydrogen-bond donors (Lipinski definition) is 2. The summed E-state index contributed by atoms with van der Waals surface area (Å²) in [6.45, 7) is 2.69. The Labute approximate surface area is 119 Å². The van der Waals surface area contributed by atoms with Gasteiger partial charge in [-0.15, -0.1) is 0 Å². The summed E-state index contributed by atoms with van der Waals surface area (Å²) >= 11 is 0. The average Bonchev–Trinajstić information content (AvgIpc) is 2.96. The second-order valence-corrected chi connectivity index (χ2v) is 4.61. The summed E-state index contributed by atoms with van der Waals surface area (Å²) in [5, 5.41) is 12.4. The van der Waals surface area contributed by atoms with Gasteiger partial charge in [0.15, 0.2) is 0 Å². The SMILES string of the molecule is CCC(NCc1ccc(CO)o1)c1ccccc1OC.